The highest BCUT2D eigenvalue weighted by molar-refractivity contribution is 5.97. The van der Waals surface area contributed by atoms with Gasteiger partial charge in [-0.25, -0.2) is 13.6 Å². The molecule has 114 valence electrons. The molecule has 0 heterocycles. The standard InChI is InChI=1S/C16H13F2NO3/c1-10(15(20)19-14-7-5-12(17)6-8-14)22-16(21)11-3-2-4-13(18)9-11/h2-10H,1H3,(H,19,20)/t10-/m1/s1. The Morgan fingerprint density at radius 1 is 1.05 bits per heavy atom. The van der Waals surface area contributed by atoms with E-state index in [1.807, 2.05) is 0 Å². The fourth-order valence-corrected chi connectivity index (χ4v) is 1.67. The highest BCUT2D eigenvalue weighted by Gasteiger charge is 2.19. The number of benzene rings is 2. The van der Waals surface area contributed by atoms with Crippen LogP contribution in [0.15, 0.2) is 48.5 Å². The van der Waals surface area contributed by atoms with Crippen molar-refractivity contribution in [3.05, 3.63) is 65.7 Å². The monoisotopic (exact) mass is 305 g/mol. The Morgan fingerprint density at radius 3 is 2.36 bits per heavy atom. The van der Waals surface area contributed by atoms with Crippen LogP contribution in [-0.4, -0.2) is 18.0 Å². The summed E-state index contributed by atoms with van der Waals surface area (Å²) >= 11 is 0. The van der Waals surface area contributed by atoms with Crippen LogP contribution in [0.5, 0.6) is 0 Å². The first-order chi connectivity index (χ1) is 10.5. The maximum absolute atomic E-state index is 13.0. The molecule has 2 aromatic carbocycles. The van der Waals surface area contributed by atoms with Crippen LogP contribution in [0.3, 0.4) is 0 Å². The Balaban J connectivity index is 1.96. The molecule has 0 unspecified atom stereocenters. The average Bonchev–Trinajstić information content (AvgIpc) is 2.49. The predicted molar refractivity (Wildman–Crippen MR) is 76.3 cm³/mol. The molecule has 4 nitrogen and oxygen atoms in total. The zero-order valence-corrected chi connectivity index (χ0v) is 11.7. The van der Waals surface area contributed by atoms with E-state index < -0.39 is 29.6 Å². The van der Waals surface area contributed by atoms with Gasteiger partial charge in [0.25, 0.3) is 5.91 Å². The van der Waals surface area contributed by atoms with Gasteiger partial charge in [-0.2, -0.15) is 0 Å². The van der Waals surface area contributed by atoms with E-state index in [0.29, 0.717) is 5.69 Å². The van der Waals surface area contributed by atoms with Crippen LogP contribution < -0.4 is 5.32 Å². The van der Waals surface area contributed by atoms with E-state index >= 15 is 0 Å². The average molecular weight is 305 g/mol. The molecule has 0 aliphatic rings. The summed E-state index contributed by atoms with van der Waals surface area (Å²) in [5.41, 5.74) is 0.390. The first-order valence-electron chi connectivity index (χ1n) is 6.48. The maximum Gasteiger partial charge on any atom is 0.339 e. The minimum atomic E-state index is -1.08. The van der Waals surface area contributed by atoms with Crippen molar-refractivity contribution in [2.75, 3.05) is 5.32 Å². The molecule has 0 saturated carbocycles. The van der Waals surface area contributed by atoms with E-state index in [4.69, 9.17) is 4.74 Å². The minimum absolute atomic E-state index is 0.0152. The number of nitrogens with one attached hydrogen (secondary N) is 1. The molecule has 0 aliphatic carbocycles. The predicted octanol–water partition coefficient (Wildman–Crippen LogP) is 3.15. The molecule has 6 heteroatoms. The normalized spacial score (nSPS) is 11.6. The Morgan fingerprint density at radius 2 is 1.73 bits per heavy atom. The number of hydrogen-bond acceptors (Lipinski definition) is 3. The topological polar surface area (TPSA) is 55.4 Å². The van der Waals surface area contributed by atoms with E-state index in [0.717, 1.165) is 6.07 Å². The number of ether oxygens (including phenoxy) is 1. The van der Waals surface area contributed by atoms with Crippen molar-refractivity contribution in [3.63, 3.8) is 0 Å². The SMILES string of the molecule is C[C@@H](OC(=O)c1cccc(F)c1)C(=O)Nc1ccc(F)cc1. The van der Waals surface area contributed by atoms with E-state index in [1.165, 1.54) is 49.4 Å². The lowest BCUT2D eigenvalue weighted by Crippen LogP contribution is -2.30. The number of rotatable bonds is 4. The second kappa shape index (κ2) is 6.80. The fraction of sp³-hybridized carbons (Fsp3) is 0.125. The second-order valence-electron chi connectivity index (χ2n) is 4.55. The Hall–Kier alpha value is -2.76. The van der Waals surface area contributed by atoms with Gasteiger partial charge in [-0.3, -0.25) is 4.79 Å². The maximum atomic E-state index is 13.0. The number of amides is 1. The molecule has 22 heavy (non-hydrogen) atoms. The van der Waals surface area contributed by atoms with Crippen LogP contribution >= 0.6 is 0 Å². The van der Waals surface area contributed by atoms with Gasteiger partial charge in [0, 0.05) is 5.69 Å². The van der Waals surface area contributed by atoms with Crippen molar-refractivity contribution in [2.24, 2.45) is 0 Å². The zero-order chi connectivity index (χ0) is 16.1. The third-order valence-electron chi connectivity index (χ3n) is 2.83. The molecule has 0 saturated heterocycles. The molecule has 1 N–H and O–H groups in total. The summed E-state index contributed by atoms with van der Waals surface area (Å²) < 4.78 is 30.7. The molecule has 1 atom stereocenters. The summed E-state index contributed by atoms with van der Waals surface area (Å²) in [6.45, 7) is 1.38. The molecular formula is C16H13F2NO3. The van der Waals surface area contributed by atoms with Gasteiger partial charge in [-0.05, 0) is 49.4 Å². The summed E-state index contributed by atoms with van der Waals surface area (Å²) in [6.07, 6.45) is -1.08. The Labute approximate surface area is 125 Å². The molecule has 2 rings (SSSR count). The van der Waals surface area contributed by atoms with Gasteiger partial charge < -0.3 is 10.1 Å². The molecule has 0 aliphatic heterocycles. The van der Waals surface area contributed by atoms with Crippen LogP contribution in [0.1, 0.15) is 17.3 Å². The Bertz CT molecular complexity index is 686. The first kappa shape index (κ1) is 15.6. The van der Waals surface area contributed by atoms with Gasteiger partial charge in [0.2, 0.25) is 0 Å². The summed E-state index contributed by atoms with van der Waals surface area (Å²) in [6, 6.07) is 10.1. The number of halogens is 2. The molecule has 0 aromatic heterocycles. The summed E-state index contributed by atoms with van der Waals surface area (Å²) in [7, 11) is 0. The lowest BCUT2D eigenvalue weighted by atomic mass is 10.2. The number of anilines is 1. The van der Waals surface area contributed by atoms with Crippen LogP contribution in [-0.2, 0) is 9.53 Å². The Kier molecular flexibility index (Phi) is 4.83. The van der Waals surface area contributed by atoms with Crippen molar-refractivity contribution >= 4 is 17.6 Å². The quantitative estimate of drug-likeness (QED) is 0.883. The van der Waals surface area contributed by atoms with Gasteiger partial charge in [-0.15, -0.1) is 0 Å². The summed E-state index contributed by atoms with van der Waals surface area (Å²) in [5.74, 6) is -2.38. The van der Waals surface area contributed by atoms with E-state index in [-0.39, 0.29) is 5.56 Å². The molecule has 0 bridgehead atoms. The van der Waals surface area contributed by atoms with Crippen LogP contribution in [0, 0.1) is 11.6 Å². The van der Waals surface area contributed by atoms with E-state index in [2.05, 4.69) is 5.32 Å². The highest BCUT2D eigenvalue weighted by Crippen LogP contribution is 2.11. The van der Waals surface area contributed by atoms with Crippen molar-refractivity contribution in [1.29, 1.82) is 0 Å². The van der Waals surface area contributed by atoms with Gasteiger partial charge >= 0.3 is 5.97 Å². The first-order valence-corrected chi connectivity index (χ1v) is 6.48. The smallest absolute Gasteiger partial charge is 0.339 e. The summed E-state index contributed by atoms with van der Waals surface area (Å²) in [5, 5.41) is 2.48. The van der Waals surface area contributed by atoms with Gasteiger partial charge in [0.05, 0.1) is 5.56 Å². The lowest BCUT2D eigenvalue weighted by molar-refractivity contribution is -0.123. The van der Waals surface area contributed by atoms with Crippen LogP contribution in [0.2, 0.25) is 0 Å². The second-order valence-corrected chi connectivity index (χ2v) is 4.55. The summed E-state index contributed by atoms with van der Waals surface area (Å²) in [4.78, 5) is 23.7. The number of esters is 1. The molecule has 0 radical (unpaired) electrons. The van der Waals surface area contributed by atoms with Crippen LogP contribution in [0.4, 0.5) is 14.5 Å². The third-order valence-corrected chi connectivity index (χ3v) is 2.83. The third kappa shape index (κ3) is 4.12. The van der Waals surface area contributed by atoms with Gasteiger partial charge in [0.1, 0.15) is 11.6 Å². The lowest BCUT2D eigenvalue weighted by Gasteiger charge is -2.13. The molecule has 0 fully saturated rings. The molecule has 2 aromatic rings. The molecule has 1 amide bonds. The van der Waals surface area contributed by atoms with E-state index in [1.54, 1.807) is 0 Å². The highest BCUT2D eigenvalue weighted by atomic mass is 19.1. The minimum Gasteiger partial charge on any atom is -0.449 e. The van der Waals surface area contributed by atoms with E-state index in [9.17, 15) is 18.4 Å². The van der Waals surface area contributed by atoms with Crippen molar-refractivity contribution in [3.8, 4) is 0 Å². The van der Waals surface area contributed by atoms with Gasteiger partial charge in [-0.1, -0.05) is 6.07 Å². The van der Waals surface area contributed by atoms with Crippen molar-refractivity contribution in [2.45, 2.75) is 13.0 Å². The number of hydrogen-bond donors (Lipinski definition) is 1. The number of carbonyl (C=O) groups is 2. The van der Waals surface area contributed by atoms with Crippen molar-refractivity contribution < 1.29 is 23.1 Å². The zero-order valence-electron chi connectivity index (χ0n) is 11.7. The van der Waals surface area contributed by atoms with Gasteiger partial charge in [0.15, 0.2) is 6.10 Å². The molecule has 0 spiro atoms. The molecular weight excluding hydrogens is 292 g/mol. The van der Waals surface area contributed by atoms with Crippen LogP contribution in [0.25, 0.3) is 0 Å². The fourth-order valence-electron chi connectivity index (χ4n) is 1.67. The largest absolute Gasteiger partial charge is 0.449 e. The van der Waals surface area contributed by atoms with Crippen molar-refractivity contribution in [1.82, 2.24) is 0 Å². The number of carbonyl (C=O) groups excluding carboxylic acids is 2.